The second kappa shape index (κ2) is 7.31. The molecule has 0 atom stereocenters. The van der Waals surface area contributed by atoms with E-state index in [1.165, 1.54) is 30.6 Å². The molecule has 3 heteroatoms. The van der Waals surface area contributed by atoms with E-state index in [2.05, 4.69) is 13.0 Å². The molecule has 0 saturated carbocycles. The number of phenolic OH excluding ortho intramolecular Hbond substituents is 2. The third kappa shape index (κ3) is 3.35. The van der Waals surface area contributed by atoms with Gasteiger partial charge in [-0.15, -0.1) is 11.8 Å². The molecular formula is C20H24O2S. The third-order valence-corrected chi connectivity index (χ3v) is 5.72. The maximum atomic E-state index is 10.6. The Morgan fingerprint density at radius 1 is 0.957 bits per heavy atom. The van der Waals surface area contributed by atoms with E-state index in [4.69, 9.17) is 0 Å². The van der Waals surface area contributed by atoms with Crippen LogP contribution in [0, 0.1) is 0 Å². The fourth-order valence-corrected chi connectivity index (χ4v) is 4.28. The van der Waals surface area contributed by atoms with Crippen LogP contribution in [0.1, 0.15) is 43.7 Å². The molecule has 0 amide bonds. The summed E-state index contributed by atoms with van der Waals surface area (Å²) >= 11 is 1.90. The van der Waals surface area contributed by atoms with Crippen LogP contribution >= 0.6 is 11.8 Å². The van der Waals surface area contributed by atoms with Crippen molar-refractivity contribution in [3.63, 3.8) is 0 Å². The van der Waals surface area contributed by atoms with Crippen LogP contribution in [0.15, 0.2) is 35.2 Å². The van der Waals surface area contributed by atoms with E-state index >= 15 is 0 Å². The van der Waals surface area contributed by atoms with E-state index in [1.54, 1.807) is 0 Å². The number of fused-ring (bicyclic) bond motifs is 2. The quantitative estimate of drug-likeness (QED) is 0.540. The highest BCUT2D eigenvalue weighted by Crippen LogP contribution is 2.44. The molecule has 1 aliphatic rings. The lowest BCUT2D eigenvalue weighted by molar-refractivity contribution is 0.459. The molecule has 0 aromatic heterocycles. The Morgan fingerprint density at radius 3 is 2.35 bits per heavy atom. The molecule has 2 aromatic rings. The Hall–Kier alpha value is -1.61. The molecule has 0 bridgehead atoms. The van der Waals surface area contributed by atoms with Gasteiger partial charge in [-0.1, -0.05) is 56.5 Å². The summed E-state index contributed by atoms with van der Waals surface area (Å²) in [4.78, 5) is 1.32. The minimum atomic E-state index is 0.330. The van der Waals surface area contributed by atoms with Crippen LogP contribution in [0.4, 0.5) is 0 Å². The highest BCUT2D eigenvalue weighted by molar-refractivity contribution is 8.03. The van der Waals surface area contributed by atoms with Crippen molar-refractivity contribution in [2.75, 3.05) is 5.75 Å². The van der Waals surface area contributed by atoms with E-state index in [-0.39, 0.29) is 0 Å². The highest BCUT2D eigenvalue weighted by atomic mass is 32.2. The van der Waals surface area contributed by atoms with Crippen LogP contribution in [0.25, 0.3) is 10.8 Å². The first-order chi connectivity index (χ1) is 11.2. The summed E-state index contributed by atoms with van der Waals surface area (Å²) < 4.78 is 0. The summed E-state index contributed by atoms with van der Waals surface area (Å²) in [7, 11) is 0. The normalized spacial score (nSPS) is 13.9. The van der Waals surface area contributed by atoms with Gasteiger partial charge in [0.25, 0.3) is 0 Å². The van der Waals surface area contributed by atoms with Crippen molar-refractivity contribution in [1.82, 2.24) is 0 Å². The lowest BCUT2D eigenvalue weighted by atomic mass is 9.91. The molecule has 23 heavy (non-hydrogen) atoms. The van der Waals surface area contributed by atoms with Crippen LogP contribution in [0.2, 0.25) is 0 Å². The minimum absolute atomic E-state index is 0.330. The number of benzene rings is 2. The van der Waals surface area contributed by atoms with E-state index in [0.29, 0.717) is 17.9 Å². The van der Waals surface area contributed by atoms with E-state index in [0.717, 1.165) is 34.1 Å². The molecule has 0 fully saturated rings. The third-order valence-electron chi connectivity index (χ3n) is 4.54. The van der Waals surface area contributed by atoms with Gasteiger partial charge in [-0.05, 0) is 23.5 Å². The standard InChI is InChI=1S/C20H24O2S/c1-2-3-4-7-12-23-14-10-11-17-18(13-14)20(22)16-9-6-5-8-15(16)19(17)21/h5-6,8-10,21-22H,2-4,7,11-13H2,1H3. The minimum Gasteiger partial charge on any atom is -0.507 e. The second-order valence-corrected chi connectivity index (χ2v) is 7.38. The summed E-state index contributed by atoms with van der Waals surface area (Å²) in [6.45, 7) is 2.23. The average Bonchev–Trinajstić information content (AvgIpc) is 2.59. The zero-order valence-electron chi connectivity index (χ0n) is 13.6. The lowest BCUT2D eigenvalue weighted by Crippen LogP contribution is -2.03. The molecule has 0 saturated heterocycles. The zero-order chi connectivity index (χ0) is 16.2. The van der Waals surface area contributed by atoms with Gasteiger partial charge < -0.3 is 10.2 Å². The Balaban J connectivity index is 1.78. The Kier molecular flexibility index (Phi) is 5.16. The number of hydrogen-bond acceptors (Lipinski definition) is 3. The number of hydrogen-bond donors (Lipinski definition) is 2. The fraction of sp³-hybridized carbons (Fsp3) is 0.400. The van der Waals surface area contributed by atoms with Gasteiger partial charge in [-0.3, -0.25) is 0 Å². The Morgan fingerprint density at radius 2 is 1.65 bits per heavy atom. The number of rotatable bonds is 6. The fourth-order valence-electron chi connectivity index (χ4n) is 3.22. The van der Waals surface area contributed by atoms with Crippen molar-refractivity contribution in [1.29, 1.82) is 0 Å². The largest absolute Gasteiger partial charge is 0.507 e. The van der Waals surface area contributed by atoms with Crippen molar-refractivity contribution in [3.05, 3.63) is 46.4 Å². The highest BCUT2D eigenvalue weighted by Gasteiger charge is 2.21. The Bertz CT molecular complexity index is 734. The van der Waals surface area contributed by atoms with Gasteiger partial charge in [0, 0.05) is 28.3 Å². The summed E-state index contributed by atoms with van der Waals surface area (Å²) in [5.74, 6) is 1.81. The first-order valence-corrected chi connectivity index (χ1v) is 9.47. The lowest BCUT2D eigenvalue weighted by Gasteiger charge is -2.21. The van der Waals surface area contributed by atoms with Gasteiger partial charge in [0.15, 0.2) is 0 Å². The van der Waals surface area contributed by atoms with Gasteiger partial charge in [0.05, 0.1) is 0 Å². The van der Waals surface area contributed by atoms with Crippen LogP contribution in [-0.2, 0) is 12.8 Å². The van der Waals surface area contributed by atoms with Crippen LogP contribution in [0.3, 0.4) is 0 Å². The summed E-state index contributed by atoms with van der Waals surface area (Å²) in [5, 5.41) is 22.7. The van der Waals surface area contributed by atoms with Gasteiger partial charge in [0.1, 0.15) is 11.5 Å². The first-order valence-electron chi connectivity index (χ1n) is 8.48. The number of aromatic hydroxyl groups is 2. The average molecular weight is 328 g/mol. The summed E-state index contributed by atoms with van der Waals surface area (Å²) in [6.07, 6.45) is 8.77. The molecular weight excluding hydrogens is 304 g/mol. The summed E-state index contributed by atoms with van der Waals surface area (Å²) in [5.41, 5.74) is 1.79. The molecule has 0 radical (unpaired) electrons. The van der Waals surface area contributed by atoms with Crippen molar-refractivity contribution in [3.8, 4) is 11.5 Å². The molecule has 0 spiro atoms. The predicted molar refractivity (Wildman–Crippen MR) is 99.4 cm³/mol. The molecule has 0 unspecified atom stereocenters. The molecule has 3 rings (SSSR count). The molecule has 122 valence electrons. The van der Waals surface area contributed by atoms with Gasteiger partial charge in [-0.25, -0.2) is 0 Å². The maximum absolute atomic E-state index is 10.6. The summed E-state index contributed by atoms with van der Waals surface area (Å²) in [6, 6.07) is 7.53. The smallest absolute Gasteiger partial charge is 0.127 e. The molecule has 0 heterocycles. The molecule has 2 N–H and O–H groups in total. The molecule has 0 aliphatic heterocycles. The number of allylic oxidation sites excluding steroid dienone is 2. The van der Waals surface area contributed by atoms with Crippen molar-refractivity contribution < 1.29 is 10.2 Å². The van der Waals surface area contributed by atoms with Crippen LogP contribution in [0.5, 0.6) is 11.5 Å². The monoisotopic (exact) mass is 328 g/mol. The predicted octanol–water partition coefficient (Wildman–Crippen LogP) is 5.55. The van der Waals surface area contributed by atoms with Gasteiger partial charge >= 0.3 is 0 Å². The number of thioether (sulfide) groups is 1. The topological polar surface area (TPSA) is 40.5 Å². The van der Waals surface area contributed by atoms with Crippen LogP contribution in [-0.4, -0.2) is 16.0 Å². The number of unbranched alkanes of at least 4 members (excludes halogenated alkanes) is 3. The van der Waals surface area contributed by atoms with Crippen molar-refractivity contribution >= 4 is 22.5 Å². The van der Waals surface area contributed by atoms with Crippen molar-refractivity contribution in [2.24, 2.45) is 0 Å². The molecule has 2 nitrogen and oxygen atoms in total. The maximum Gasteiger partial charge on any atom is 0.127 e. The molecule has 2 aromatic carbocycles. The van der Waals surface area contributed by atoms with E-state index in [9.17, 15) is 10.2 Å². The van der Waals surface area contributed by atoms with Crippen molar-refractivity contribution in [2.45, 2.75) is 45.4 Å². The Labute approximate surface area is 142 Å². The van der Waals surface area contributed by atoms with E-state index in [1.807, 2.05) is 36.0 Å². The van der Waals surface area contributed by atoms with Gasteiger partial charge in [0.2, 0.25) is 0 Å². The number of phenols is 2. The zero-order valence-corrected chi connectivity index (χ0v) is 14.5. The van der Waals surface area contributed by atoms with Crippen LogP contribution < -0.4 is 0 Å². The van der Waals surface area contributed by atoms with Gasteiger partial charge in [-0.2, -0.15) is 0 Å². The second-order valence-electron chi connectivity index (χ2n) is 6.16. The molecule has 1 aliphatic carbocycles. The first kappa shape index (κ1) is 16.3. The van der Waals surface area contributed by atoms with E-state index < -0.39 is 0 Å². The SMILES string of the molecule is CCCCCCSC1=CCc2c(c(O)c3ccccc3c2O)C1.